The Morgan fingerprint density at radius 1 is 1.14 bits per heavy atom. The van der Waals surface area contributed by atoms with Crippen molar-refractivity contribution in [1.29, 1.82) is 0 Å². The van der Waals surface area contributed by atoms with Crippen molar-refractivity contribution in [2.75, 3.05) is 10.6 Å². The third kappa shape index (κ3) is 5.46. The molecule has 3 N–H and O–H groups in total. The Morgan fingerprint density at radius 2 is 1.90 bits per heavy atom. The second-order valence-electron chi connectivity index (χ2n) is 7.91. The smallest absolute Gasteiger partial charge is 0.237 e. The van der Waals surface area contributed by atoms with Crippen molar-refractivity contribution < 1.29 is 9.59 Å². The number of allylic oxidation sites excluding steroid dienone is 2. The average molecular weight is 397 g/mol. The van der Waals surface area contributed by atoms with Gasteiger partial charge in [-0.05, 0) is 37.5 Å². The van der Waals surface area contributed by atoms with E-state index >= 15 is 0 Å². The number of aromatic nitrogens is 2. The van der Waals surface area contributed by atoms with Crippen LogP contribution in [-0.4, -0.2) is 21.8 Å². The summed E-state index contributed by atoms with van der Waals surface area (Å²) in [5.74, 6) is -0.217. The van der Waals surface area contributed by atoms with Gasteiger partial charge in [0.1, 0.15) is 0 Å². The van der Waals surface area contributed by atoms with Crippen LogP contribution in [0.4, 0.5) is 11.6 Å². The van der Waals surface area contributed by atoms with Gasteiger partial charge in [0.2, 0.25) is 11.8 Å². The molecule has 0 aliphatic carbocycles. The van der Waals surface area contributed by atoms with Crippen molar-refractivity contribution in [2.24, 2.45) is 5.92 Å². The Bertz CT molecular complexity index is 871. The van der Waals surface area contributed by atoms with Crippen molar-refractivity contribution in [3.8, 4) is 0 Å². The second kappa shape index (κ2) is 10.2. The van der Waals surface area contributed by atoms with E-state index in [4.69, 9.17) is 5.73 Å². The molecule has 2 amide bonds. The van der Waals surface area contributed by atoms with Gasteiger partial charge in [0.25, 0.3) is 0 Å². The Hall–Kier alpha value is -2.63. The van der Waals surface area contributed by atoms with E-state index < -0.39 is 0 Å². The highest BCUT2D eigenvalue weighted by Gasteiger charge is 2.38. The van der Waals surface area contributed by atoms with Crippen LogP contribution in [0.15, 0.2) is 30.4 Å². The number of carbonyl (C=O) groups is 2. The van der Waals surface area contributed by atoms with E-state index in [1.807, 2.05) is 0 Å². The Labute approximate surface area is 172 Å². The number of nitrogens with zero attached hydrogens (tertiary/aromatic N) is 2. The van der Waals surface area contributed by atoms with E-state index in [9.17, 15) is 9.59 Å². The number of nitrogen functional groups attached to an aromatic ring is 1. The molecule has 1 aliphatic heterocycles. The molecule has 6 heteroatoms. The molecule has 1 saturated heterocycles. The number of anilines is 2. The number of amides is 2. The number of unbranched alkanes of at least 4 members (excludes halogenated alkanes) is 7. The van der Waals surface area contributed by atoms with Crippen LogP contribution in [0.25, 0.3) is 11.0 Å². The molecule has 1 fully saturated rings. The van der Waals surface area contributed by atoms with E-state index in [-0.39, 0.29) is 24.2 Å². The molecule has 29 heavy (non-hydrogen) atoms. The molecule has 0 saturated carbocycles. The molecule has 1 aromatic heterocycles. The lowest BCUT2D eigenvalue weighted by atomic mass is 10.0. The van der Waals surface area contributed by atoms with E-state index in [1.54, 1.807) is 18.2 Å². The zero-order valence-corrected chi connectivity index (χ0v) is 17.3. The highest BCUT2D eigenvalue weighted by molar-refractivity contribution is 6.21. The van der Waals surface area contributed by atoms with Gasteiger partial charge in [0.05, 0.1) is 22.6 Å². The Kier molecular flexibility index (Phi) is 7.44. The summed E-state index contributed by atoms with van der Waals surface area (Å²) in [7, 11) is 0. The number of imidazole rings is 1. The SMILES string of the molecule is CCCCCCCCC/C=C/CC1CC(=O)N(c2ccc3nc(N)[nH]c3c2)C1=O. The second-order valence-corrected chi connectivity index (χ2v) is 7.91. The predicted octanol–water partition coefficient (Wildman–Crippen LogP) is 5.11. The van der Waals surface area contributed by atoms with E-state index in [1.165, 1.54) is 49.8 Å². The standard InChI is InChI=1S/C23H32N4O2/c1-2-3-4-5-6-7-8-9-10-11-12-17-15-21(28)27(22(17)29)18-13-14-19-20(16-18)26-23(24)25-19/h10-11,13-14,16-17H,2-9,12,15H2,1H3,(H3,24,25,26)/b11-10+. The molecule has 3 rings (SSSR count). The summed E-state index contributed by atoms with van der Waals surface area (Å²) in [6.07, 6.45) is 15.2. The zero-order valence-electron chi connectivity index (χ0n) is 17.3. The molecular formula is C23H32N4O2. The summed E-state index contributed by atoms with van der Waals surface area (Å²) in [4.78, 5) is 33.6. The predicted molar refractivity (Wildman–Crippen MR) is 117 cm³/mol. The number of nitrogens with two attached hydrogens (primary N) is 1. The van der Waals surface area contributed by atoms with E-state index in [0.717, 1.165) is 17.5 Å². The molecule has 1 unspecified atom stereocenters. The first-order valence-electron chi connectivity index (χ1n) is 10.9. The molecule has 1 atom stereocenters. The van der Waals surface area contributed by atoms with Crippen LogP contribution in [0.3, 0.4) is 0 Å². The van der Waals surface area contributed by atoms with Crippen molar-refractivity contribution >= 4 is 34.5 Å². The third-order valence-electron chi connectivity index (χ3n) is 5.54. The Morgan fingerprint density at radius 3 is 2.69 bits per heavy atom. The molecule has 0 spiro atoms. The normalized spacial score (nSPS) is 17.3. The summed E-state index contributed by atoms with van der Waals surface area (Å²) in [6.45, 7) is 2.24. The van der Waals surface area contributed by atoms with Crippen LogP contribution in [0.2, 0.25) is 0 Å². The Balaban J connectivity index is 1.46. The van der Waals surface area contributed by atoms with Gasteiger partial charge in [-0.2, -0.15) is 0 Å². The maximum atomic E-state index is 12.8. The van der Waals surface area contributed by atoms with E-state index in [2.05, 4.69) is 29.0 Å². The fourth-order valence-electron chi connectivity index (χ4n) is 3.90. The number of hydrogen-bond donors (Lipinski definition) is 2. The van der Waals surface area contributed by atoms with Gasteiger partial charge in [-0.1, -0.05) is 57.6 Å². The van der Waals surface area contributed by atoms with Gasteiger partial charge in [0, 0.05) is 6.42 Å². The molecular weight excluding hydrogens is 364 g/mol. The lowest BCUT2D eigenvalue weighted by Crippen LogP contribution is -2.30. The summed E-state index contributed by atoms with van der Waals surface area (Å²) >= 11 is 0. The summed E-state index contributed by atoms with van der Waals surface area (Å²) in [5.41, 5.74) is 7.69. The van der Waals surface area contributed by atoms with Gasteiger partial charge in [-0.3, -0.25) is 14.5 Å². The minimum atomic E-state index is -0.268. The number of benzene rings is 1. The van der Waals surface area contributed by atoms with Crippen LogP contribution in [0.5, 0.6) is 0 Å². The number of nitrogens with one attached hydrogen (secondary N) is 1. The highest BCUT2D eigenvalue weighted by atomic mass is 16.2. The third-order valence-corrected chi connectivity index (χ3v) is 5.54. The van der Waals surface area contributed by atoms with Crippen LogP contribution in [0.1, 0.15) is 71.1 Å². The van der Waals surface area contributed by atoms with Crippen molar-refractivity contribution in [3.05, 3.63) is 30.4 Å². The average Bonchev–Trinajstić information content (AvgIpc) is 3.20. The van der Waals surface area contributed by atoms with Gasteiger partial charge in [-0.15, -0.1) is 0 Å². The summed E-state index contributed by atoms with van der Waals surface area (Å²) in [5, 5.41) is 0. The van der Waals surface area contributed by atoms with Crippen LogP contribution < -0.4 is 10.6 Å². The summed E-state index contributed by atoms with van der Waals surface area (Å²) in [6, 6.07) is 5.28. The van der Waals surface area contributed by atoms with Gasteiger partial charge in [0.15, 0.2) is 5.95 Å². The van der Waals surface area contributed by atoms with E-state index in [0.29, 0.717) is 18.1 Å². The monoisotopic (exact) mass is 396 g/mol. The van der Waals surface area contributed by atoms with Gasteiger partial charge < -0.3 is 10.7 Å². The lowest BCUT2D eigenvalue weighted by molar-refractivity contribution is -0.122. The van der Waals surface area contributed by atoms with Crippen molar-refractivity contribution in [1.82, 2.24) is 9.97 Å². The van der Waals surface area contributed by atoms with Crippen LogP contribution >= 0.6 is 0 Å². The molecule has 0 radical (unpaired) electrons. The first kappa shape index (κ1) is 21.1. The topological polar surface area (TPSA) is 92.1 Å². The van der Waals surface area contributed by atoms with Crippen LogP contribution in [-0.2, 0) is 9.59 Å². The minimum absolute atomic E-state index is 0.123. The van der Waals surface area contributed by atoms with Crippen molar-refractivity contribution in [3.63, 3.8) is 0 Å². The fourth-order valence-corrected chi connectivity index (χ4v) is 3.90. The number of carbonyl (C=O) groups excluding carboxylic acids is 2. The maximum absolute atomic E-state index is 12.8. The quantitative estimate of drug-likeness (QED) is 0.313. The minimum Gasteiger partial charge on any atom is -0.369 e. The zero-order chi connectivity index (χ0) is 20.6. The largest absolute Gasteiger partial charge is 0.369 e. The summed E-state index contributed by atoms with van der Waals surface area (Å²) < 4.78 is 0. The molecule has 2 aromatic rings. The number of fused-ring (bicyclic) bond motifs is 1. The molecule has 6 nitrogen and oxygen atoms in total. The van der Waals surface area contributed by atoms with Crippen molar-refractivity contribution in [2.45, 2.75) is 71.1 Å². The first-order chi connectivity index (χ1) is 14.1. The number of imide groups is 1. The molecule has 0 bridgehead atoms. The molecule has 1 aromatic carbocycles. The number of rotatable bonds is 11. The van der Waals surface area contributed by atoms with Gasteiger partial charge >= 0.3 is 0 Å². The number of hydrogen-bond acceptors (Lipinski definition) is 4. The highest BCUT2D eigenvalue weighted by Crippen LogP contribution is 2.30. The number of aromatic amines is 1. The number of H-pyrrole nitrogens is 1. The molecule has 2 heterocycles. The molecule has 156 valence electrons. The fraction of sp³-hybridized carbons (Fsp3) is 0.522. The lowest BCUT2D eigenvalue weighted by Gasteiger charge is -2.14. The maximum Gasteiger partial charge on any atom is 0.237 e. The van der Waals surface area contributed by atoms with Gasteiger partial charge in [-0.25, -0.2) is 4.98 Å². The van der Waals surface area contributed by atoms with Crippen LogP contribution in [0, 0.1) is 5.92 Å². The first-order valence-corrected chi connectivity index (χ1v) is 10.9. The molecule has 1 aliphatic rings.